The van der Waals surface area contributed by atoms with E-state index in [-0.39, 0.29) is 18.0 Å². The number of rotatable bonds is 4. The summed E-state index contributed by atoms with van der Waals surface area (Å²) < 4.78 is 1.37. The van der Waals surface area contributed by atoms with Gasteiger partial charge in [-0.3, -0.25) is 14.2 Å². The van der Waals surface area contributed by atoms with E-state index in [1.807, 2.05) is 43.3 Å². The lowest BCUT2D eigenvalue weighted by molar-refractivity contribution is -0.131. The second-order valence-corrected chi connectivity index (χ2v) is 6.72. The average molecular weight is 327 g/mol. The molecule has 0 N–H and O–H groups in total. The summed E-state index contributed by atoms with van der Waals surface area (Å²) >= 11 is 1.48. The zero-order valence-electron chi connectivity index (χ0n) is 13.0. The Balaban J connectivity index is 1.77. The van der Waals surface area contributed by atoms with E-state index in [0.29, 0.717) is 16.8 Å². The van der Waals surface area contributed by atoms with E-state index in [1.165, 1.54) is 22.2 Å². The zero-order chi connectivity index (χ0) is 16.4. The number of aromatic nitrogens is 2. The first-order valence-corrected chi connectivity index (χ1v) is 8.10. The summed E-state index contributed by atoms with van der Waals surface area (Å²) in [6.45, 7) is 2.45. The maximum Gasteiger partial charge on any atom is 0.262 e. The van der Waals surface area contributed by atoms with Crippen LogP contribution in [0.2, 0.25) is 0 Å². The van der Waals surface area contributed by atoms with E-state index >= 15 is 0 Å². The van der Waals surface area contributed by atoms with Crippen LogP contribution in [0.25, 0.3) is 10.2 Å². The predicted molar refractivity (Wildman–Crippen MR) is 91.5 cm³/mol. The second kappa shape index (κ2) is 6.34. The number of hydrogen-bond donors (Lipinski definition) is 0. The van der Waals surface area contributed by atoms with Crippen molar-refractivity contribution in [3.8, 4) is 0 Å². The highest BCUT2D eigenvalue weighted by atomic mass is 32.1. The molecule has 0 spiro atoms. The molecule has 5 nitrogen and oxygen atoms in total. The number of hydrogen-bond acceptors (Lipinski definition) is 4. The van der Waals surface area contributed by atoms with E-state index in [2.05, 4.69) is 4.98 Å². The maximum atomic E-state index is 12.4. The van der Waals surface area contributed by atoms with E-state index in [0.717, 1.165) is 10.4 Å². The van der Waals surface area contributed by atoms with Gasteiger partial charge in [0.25, 0.3) is 5.56 Å². The molecule has 0 saturated carbocycles. The minimum Gasteiger partial charge on any atom is -0.340 e. The molecule has 0 saturated heterocycles. The van der Waals surface area contributed by atoms with Crippen LogP contribution in [0, 0.1) is 6.92 Å². The van der Waals surface area contributed by atoms with Crippen molar-refractivity contribution < 1.29 is 4.79 Å². The van der Waals surface area contributed by atoms with E-state index in [9.17, 15) is 9.59 Å². The van der Waals surface area contributed by atoms with E-state index in [1.54, 1.807) is 11.9 Å². The third-order valence-electron chi connectivity index (χ3n) is 3.64. The van der Waals surface area contributed by atoms with Crippen LogP contribution in [0.4, 0.5) is 0 Å². The Labute approximate surface area is 137 Å². The number of thiophene rings is 1. The Morgan fingerprint density at radius 3 is 2.78 bits per heavy atom. The number of fused-ring (bicyclic) bond motifs is 1. The molecule has 0 atom stereocenters. The summed E-state index contributed by atoms with van der Waals surface area (Å²) in [6, 6.07) is 11.6. The Kier molecular flexibility index (Phi) is 4.25. The molecule has 1 aromatic carbocycles. The average Bonchev–Trinajstić information content (AvgIpc) is 2.92. The van der Waals surface area contributed by atoms with Crippen molar-refractivity contribution in [2.45, 2.75) is 20.0 Å². The minimum absolute atomic E-state index is 0.00000118. The highest BCUT2D eigenvalue weighted by molar-refractivity contribution is 7.18. The van der Waals surface area contributed by atoms with Crippen molar-refractivity contribution in [3.05, 3.63) is 63.5 Å². The third-order valence-corrected chi connectivity index (χ3v) is 4.59. The molecule has 0 fully saturated rings. The molecule has 6 heteroatoms. The molecular formula is C17H17N3O2S. The van der Waals surface area contributed by atoms with Crippen LogP contribution >= 0.6 is 11.3 Å². The van der Waals surface area contributed by atoms with Gasteiger partial charge in [-0.05, 0) is 18.6 Å². The summed E-state index contributed by atoms with van der Waals surface area (Å²) in [7, 11) is 1.74. The van der Waals surface area contributed by atoms with E-state index in [4.69, 9.17) is 0 Å². The van der Waals surface area contributed by atoms with Crippen molar-refractivity contribution in [3.63, 3.8) is 0 Å². The molecule has 2 heterocycles. The number of amides is 1. The van der Waals surface area contributed by atoms with E-state index < -0.39 is 0 Å². The molecule has 0 radical (unpaired) electrons. The summed E-state index contributed by atoms with van der Waals surface area (Å²) in [5.74, 6) is -0.121. The van der Waals surface area contributed by atoms with Crippen LogP contribution in [-0.4, -0.2) is 27.4 Å². The minimum atomic E-state index is -0.166. The molecule has 3 aromatic rings. The maximum absolute atomic E-state index is 12.4. The molecule has 0 unspecified atom stereocenters. The number of nitrogens with zero attached hydrogens (tertiary/aromatic N) is 3. The number of carbonyl (C=O) groups excluding carboxylic acids is 1. The van der Waals surface area contributed by atoms with Gasteiger partial charge in [-0.15, -0.1) is 11.3 Å². The van der Waals surface area contributed by atoms with Crippen LogP contribution in [0.15, 0.2) is 47.5 Å². The first-order valence-electron chi connectivity index (χ1n) is 7.28. The summed E-state index contributed by atoms with van der Waals surface area (Å²) in [5.41, 5.74) is 0.888. The fourth-order valence-corrected chi connectivity index (χ4v) is 3.24. The Morgan fingerprint density at radius 2 is 2.04 bits per heavy atom. The summed E-state index contributed by atoms with van der Waals surface area (Å²) in [4.78, 5) is 32.4. The zero-order valence-corrected chi connectivity index (χ0v) is 13.8. The van der Waals surface area contributed by atoms with Gasteiger partial charge in [0.1, 0.15) is 11.4 Å². The fraction of sp³-hybridized carbons (Fsp3) is 0.235. The smallest absolute Gasteiger partial charge is 0.262 e. The molecule has 0 bridgehead atoms. The lowest BCUT2D eigenvalue weighted by atomic mass is 10.2. The summed E-state index contributed by atoms with van der Waals surface area (Å²) in [5, 5.41) is 0.577. The van der Waals surface area contributed by atoms with Crippen LogP contribution < -0.4 is 5.56 Å². The molecule has 118 valence electrons. The van der Waals surface area contributed by atoms with Gasteiger partial charge in [0, 0.05) is 18.5 Å². The fourth-order valence-electron chi connectivity index (χ4n) is 2.40. The molecule has 23 heavy (non-hydrogen) atoms. The van der Waals surface area contributed by atoms with Crippen molar-refractivity contribution in [1.82, 2.24) is 14.5 Å². The van der Waals surface area contributed by atoms with Crippen LogP contribution in [0.3, 0.4) is 0 Å². The van der Waals surface area contributed by atoms with Crippen molar-refractivity contribution in [2.75, 3.05) is 7.05 Å². The highest BCUT2D eigenvalue weighted by Gasteiger charge is 2.13. The van der Waals surface area contributed by atoms with Gasteiger partial charge in [-0.2, -0.15) is 0 Å². The normalized spacial score (nSPS) is 10.9. The highest BCUT2D eigenvalue weighted by Crippen LogP contribution is 2.19. The summed E-state index contributed by atoms with van der Waals surface area (Å²) in [6.07, 6.45) is 1.45. The monoisotopic (exact) mass is 327 g/mol. The number of benzene rings is 1. The molecule has 0 aliphatic heterocycles. The van der Waals surface area contributed by atoms with Gasteiger partial charge in [0.15, 0.2) is 0 Å². The molecule has 0 aliphatic rings. The van der Waals surface area contributed by atoms with Crippen LogP contribution in [0.1, 0.15) is 10.4 Å². The molecule has 0 aliphatic carbocycles. The van der Waals surface area contributed by atoms with Gasteiger partial charge in [0.05, 0.1) is 11.7 Å². The first kappa shape index (κ1) is 15.4. The van der Waals surface area contributed by atoms with Gasteiger partial charge in [-0.1, -0.05) is 30.3 Å². The quantitative estimate of drug-likeness (QED) is 0.739. The Hall–Kier alpha value is -2.47. The SMILES string of the molecule is Cc1cc2c(=O)n(CC(=O)N(C)Cc3ccccc3)cnc2s1. The molecule has 1 amide bonds. The van der Waals surface area contributed by atoms with Gasteiger partial charge in [0.2, 0.25) is 5.91 Å². The van der Waals surface area contributed by atoms with Crippen LogP contribution in [-0.2, 0) is 17.9 Å². The third kappa shape index (κ3) is 3.32. The molecule has 2 aromatic heterocycles. The standard InChI is InChI=1S/C17H17N3O2S/c1-12-8-14-16(23-12)18-11-20(17(14)22)10-15(21)19(2)9-13-6-4-3-5-7-13/h3-8,11H,9-10H2,1-2H3. The topological polar surface area (TPSA) is 55.2 Å². The predicted octanol–water partition coefficient (Wildman–Crippen LogP) is 2.43. The van der Waals surface area contributed by atoms with Crippen LogP contribution in [0.5, 0.6) is 0 Å². The molecule has 3 rings (SSSR count). The molecular weight excluding hydrogens is 310 g/mol. The number of aryl methyl sites for hydroxylation is 1. The second-order valence-electron chi connectivity index (χ2n) is 5.49. The largest absolute Gasteiger partial charge is 0.340 e. The van der Waals surface area contributed by atoms with Crippen molar-refractivity contribution in [2.24, 2.45) is 0 Å². The number of likely N-dealkylation sites (N-methyl/N-ethyl adjacent to an activating group) is 1. The van der Waals surface area contributed by atoms with Gasteiger partial charge >= 0.3 is 0 Å². The lowest BCUT2D eigenvalue weighted by Crippen LogP contribution is -2.33. The van der Waals surface area contributed by atoms with Gasteiger partial charge < -0.3 is 4.90 Å². The van der Waals surface area contributed by atoms with Crippen molar-refractivity contribution >= 4 is 27.5 Å². The number of carbonyl (C=O) groups is 1. The lowest BCUT2D eigenvalue weighted by Gasteiger charge is -2.17. The Morgan fingerprint density at radius 1 is 1.30 bits per heavy atom. The Bertz CT molecular complexity index is 899. The van der Waals surface area contributed by atoms with Crippen molar-refractivity contribution in [1.29, 1.82) is 0 Å². The first-order chi connectivity index (χ1) is 11.0. The van der Waals surface area contributed by atoms with Gasteiger partial charge in [-0.25, -0.2) is 4.98 Å².